The van der Waals surface area contributed by atoms with Gasteiger partial charge in [0, 0.05) is 18.6 Å². The van der Waals surface area contributed by atoms with Gasteiger partial charge in [0.1, 0.15) is 13.2 Å². The number of benzene rings is 1. The van der Waals surface area contributed by atoms with Crippen LogP contribution in [0.25, 0.3) is 0 Å². The summed E-state index contributed by atoms with van der Waals surface area (Å²) in [5, 5.41) is 10.6. The van der Waals surface area contributed by atoms with E-state index in [-0.39, 0.29) is 0 Å². The Morgan fingerprint density at radius 2 is 1.81 bits per heavy atom. The van der Waals surface area contributed by atoms with Crippen LogP contribution in [0.2, 0.25) is 0 Å². The summed E-state index contributed by atoms with van der Waals surface area (Å²) in [7, 11) is 0. The molecule has 1 saturated heterocycles. The van der Waals surface area contributed by atoms with Gasteiger partial charge < -0.3 is 14.6 Å². The highest BCUT2D eigenvalue weighted by atomic mass is 16.6. The lowest BCUT2D eigenvalue weighted by molar-refractivity contribution is 0.0409. The minimum absolute atomic E-state index is 0.483. The van der Waals surface area contributed by atoms with Crippen LogP contribution in [0.4, 0.5) is 0 Å². The van der Waals surface area contributed by atoms with Gasteiger partial charge in [0.25, 0.3) is 0 Å². The first kappa shape index (κ1) is 14.7. The van der Waals surface area contributed by atoms with Gasteiger partial charge in [-0.15, -0.1) is 0 Å². The third kappa shape index (κ3) is 3.16. The number of fused-ring (bicyclic) bond motifs is 1. The van der Waals surface area contributed by atoms with Crippen molar-refractivity contribution in [2.24, 2.45) is 0 Å². The number of hydrogen-bond acceptors (Lipinski definition) is 4. The lowest BCUT2D eigenvalue weighted by Gasteiger charge is -2.40. The molecule has 0 aromatic heterocycles. The van der Waals surface area contributed by atoms with E-state index in [1.807, 2.05) is 18.2 Å². The lowest BCUT2D eigenvalue weighted by atomic mass is 9.96. The van der Waals surface area contributed by atoms with Gasteiger partial charge in [-0.25, -0.2) is 0 Å². The quantitative estimate of drug-likeness (QED) is 0.930. The molecule has 0 saturated carbocycles. The van der Waals surface area contributed by atoms with Crippen molar-refractivity contribution >= 4 is 0 Å². The number of β-amino-alcohol motifs (C(OH)–C–C–N with tert-alkyl or cyclic N) is 1. The molecule has 4 nitrogen and oxygen atoms in total. The fourth-order valence-electron chi connectivity index (χ4n) is 3.41. The van der Waals surface area contributed by atoms with Crippen molar-refractivity contribution in [2.75, 3.05) is 19.8 Å². The molecule has 0 spiro atoms. The molecule has 3 rings (SSSR count). The first-order valence-corrected chi connectivity index (χ1v) is 7.98. The third-order valence-corrected chi connectivity index (χ3v) is 4.71. The van der Waals surface area contributed by atoms with E-state index in [9.17, 15) is 5.11 Å². The smallest absolute Gasteiger partial charge is 0.161 e. The van der Waals surface area contributed by atoms with E-state index in [0.717, 1.165) is 17.1 Å². The Kier molecular flexibility index (Phi) is 4.36. The van der Waals surface area contributed by atoms with Crippen LogP contribution in [0.5, 0.6) is 11.5 Å². The van der Waals surface area contributed by atoms with Crippen molar-refractivity contribution in [3.8, 4) is 11.5 Å². The number of nitrogens with zero attached hydrogens (tertiary/aromatic N) is 1. The van der Waals surface area contributed by atoms with Crippen molar-refractivity contribution in [3.05, 3.63) is 23.8 Å². The molecule has 1 N–H and O–H groups in total. The highest BCUT2D eigenvalue weighted by Crippen LogP contribution is 2.33. The van der Waals surface area contributed by atoms with Gasteiger partial charge in [-0.1, -0.05) is 12.5 Å². The Morgan fingerprint density at radius 1 is 1.14 bits per heavy atom. The standard InChI is InChI=1S/C17H25NO3/c1-12-4-3-5-13(2)18(12)11-15(19)14-6-7-16-17(10-14)21-9-8-20-16/h6-7,10,12-13,15,19H,3-5,8-9,11H2,1-2H3. The first-order valence-electron chi connectivity index (χ1n) is 7.98. The first-order chi connectivity index (χ1) is 10.1. The predicted octanol–water partition coefficient (Wildman–Crippen LogP) is 2.75. The van der Waals surface area contributed by atoms with Gasteiger partial charge in [0.05, 0.1) is 6.10 Å². The molecule has 0 amide bonds. The van der Waals surface area contributed by atoms with Crippen LogP contribution in [0.3, 0.4) is 0 Å². The highest BCUT2D eigenvalue weighted by Gasteiger charge is 2.27. The number of rotatable bonds is 3. The SMILES string of the molecule is CC1CCCC(C)N1CC(O)c1ccc2c(c1)OCCO2. The molecule has 0 bridgehead atoms. The molecule has 21 heavy (non-hydrogen) atoms. The molecule has 3 unspecified atom stereocenters. The molecular formula is C17H25NO3. The Balaban J connectivity index is 1.71. The van der Waals surface area contributed by atoms with E-state index >= 15 is 0 Å². The van der Waals surface area contributed by atoms with E-state index in [4.69, 9.17) is 9.47 Å². The monoisotopic (exact) mass is 291 g/mol. The molecule has 3 atom stereocenters. The van der Waals surface area contributed by atoms with Crippen LogP contribution < -0.4 is 9.47 Å². The minimum atomic E-state index is -0.483. The molecule has 2 aliphatic rings. The summed E-state index contributed by atoms with van der Waals surface area (Å²) in [4.78, 5) is 2.42. The van der Waals surface area contributed by atoms with Crippen molar-refractivity contribution < 1.29 is 14.6 Å². The third-order valence-electron chi connectivity index (χ3n) is 4.71. The van der Waals surface area contributed by atoms with Gasteiger partial charge in [-0.2, -0.15) is 0 Å². The summed E-state index contributed by atoms with van der Waals surface area (Å²) in [6.45, 7) is 6.37. The van der Waals surface area contributed by atoms with Crippen molar-refractivity contribution in [1.29, 1.82) is 0 Å². The van der Waals surface area contributed by atoms with Crippen LogP contribution in [-0.2, 0) is 0 Å². The van der Waals surface area contributed by atoms with Gasteiger partial charge in [-0.05, 0) is 44.4 Å². The fourth-order valence-corrected chi connectivity index (χ4v) is 3.41. The second kappa shape index (κ2) is 6.24. The zero-order valence-electron chi connectivity index (χ0n) is 12.9. The molecular weight excluding hydrogens is 266 g/mol. The molecule has 2 aliphatic heterocycles. The van der Waals surface area contributed by atoms with Gasteiger partial charge in [0.2, 0.25) is 0 Å². The van der Waals surface area contributed by atoms with Crippen LogP contribution >= 0.6 is 0 Å². The average molecular weight is 291 g/mol. The molecule has 116 valence electrons. The van der Waals surface area contributed by atoms with E-state index in [1.54, 1.807) is 0 Å². The molecule has 4 heteroatoms. The number of hydrogen-bond donors (Lipinski definition) is 1. The van der Waals surface area contributed by atoms with Gasteiger partial charge in [0.15, 0.2) is 11.5 Å². The number of ether oxygens (including phenoxy) is 2. The number of aliphatic hydroxyl groups is 1. The van der Waals surface area contributed by atoms with E-state index in [0.29, 0.717) is 31.8 Å². The zero-order chi connectivity index (χ0) is 14.8. The Labute approximate surface area is 126 Å². The summed E-state index contributed by atoms with van der Waals surface area (Å²) in [5.41, 5.74) is 0.907. The van der Waals surface area contributed by atoms with Crippen molar-refractivity contribution in [2.45, 2.75) is 51.3 Å². The Hall–Kier alpha value is -1.26. The average Bonchev–Trinajstić information content (AvgIpc) is 2.50. The van der Waals surface area contributed by atoms with Crippen LogP contribution in [0.15, 0.2) is 18.2 Å². The molecule has 1 fully saturated rings. The maximum absolute atomic E-state index is 10.6. The van der Waals surface area contributed by atoms with E-state index < -0.39 is 6.10 Å². The summed E-state index contributed by atoms with van der Waals surface area (Å²) in [6, 6.07) is 6.84. The normalized spacial score (nSPS) is 27.4. The predicted molar refractivity (Wildman–Crippen MR) is 81.9 cm³/mol. The maximum atomic E-state index is 10.6. The van der Waals surface area contributed by atoms with Crippen LogP contribution in [0.1, 0.15) is 44.8 Å². The fraction of sp³-hybridized carbons (Fsp3) is 0.647. The summed E-state index contributed by atoms with van der Waals surface area (Å²) in [6.07, 6.45) is 3.25. The van der Waals surface area contributed by atoms with Crippen molar-refractivity contribution in [1.82, 2.24) is 4.90 Å². The Bertz CT molecular complexity index is 481. The highest BCUT2D eigenvalue weighted by molar-refractivity contribution is 5.44. The van der Waals surface area contributed by atoms with Crippen LogP contribution in [-0.4, -0.2) is 41.8 Å². The minimum Gasteiger partial charge on any atom is -0.486 e. The molecule has 0 aliphatic carbocycles. The summed E-state index contributed by atoms with van der Waals surface area (Å²) in [5.74, 6) is 1.52. The zero-order valence-corrected chi connectivity index (χ0v) is 12.9. The lowest BCUT2D eigenvalue weighted by Crippen LogP contribution is -2.45. The van der Waals surface area contributed by atoms with E-state index in [1.165, 1.54) is 19.3 Å². The summed E-state index contributed by atoms with van der Waals surface area (Å²) < 4.78 is 11.1. The van der Waals surface area contributed by atoms with Crippen LogP contribution in [0, 0.1) is 0 Å². The molecule has 2 heterocycles. The largest absolute Gasteiger partial charge is 0.486 e. The van der Waals surface area contributed by atoms with Gasteiger partial charge in [-0.3, -0.25) is 4.90 Å². The molecule has 1 aromatic carbocycles. The molecule has 1 aromatic rings. The number of likely N-dealkylation sites (tertiary alicyclic amines) is 1. The topological polar surface area (TPSA) is 41.9 Å². The second-order valence-corrected chi connectivity index (χ2v) is 6.24. The maximum Gasteiger partial charge on any atom is 0.161 e. The number of aliphatic hydroxyl groups excluding tert-OH is 1. The summed E-state index contributed by atoms with van der Waals surface area (Å²) >= 11 is 0. The van der Waals surface area contributed by atoms with E-state index in [2.05, 4.69) is 18.7 Å². The van der Waals surface area contributed by atoms with Gasteiger partial charge >= 0.3 is 0 Å². The number of piperidine rings is 1. The second-order valence-electron chi connectivity index (χ2n) is 6.24. The molecule has 0 radical (unpaired) electrons. The Morgan fingerprint density at radius 3 is 2.52 bits per heavy atom. The van der Waals surface area contributed by atoms with Crippen molar-refractivity contribution in [3.63, 3.8) is 0 Å².